The van der Waals surface area contributed by atoms with Crippen molar-refractivity contribution in [2.75, 3.05) is 0 Å². The van der Waals surface area contributed by atoms with E-state index in [1.54, 1.807) is 6.92 Å². The van der Waals surface area contributed by atoms with Gasteiger partial charge in [-0.25, -0.2) is 0 Å². The van der Waals surface area contributed by atoms with Gasteiger partial charge >= 0.3 is 0 Å². The van der Waals surface area contributed by atoms with Crippen LogP contribution in [0.25, 0.3) is 0 Å². The normalized spacial score (nSPS) is 11.4. The highest BCUT2D eigenvalue weighted by Crippen LogP contribution is 2.03. The van der Waals surface area contributed by atoms with Crippen molar-refractivity contribution >= 4 is 6.29 Å². The summed E-state index contributed by atoms with van der Waals surface area (Å²) in [4.78, 5) is 9.59. The maximum absolute atomic E-state index is 9.59. The molecule has 0 heterocycles. The molecule has 0 atom stereocenters. The lowest BCUT2D eigenvalue weighted by Gasteiger charge is -2.09. The summed E-state index contributed by atoms with van der Waals surface area (Å²) in [6.07, 6.45) is 1.71. The van der Waals surface area contributed by atoms with E-state index in [0.29, 0.717) is 6.42 Å². The Balaban J connectivity index is 3.53. The molecule has 0 aliphatic carbocycles. The minimum Gasteiger partial charge on any atom is -0.359 e. The van der Waals surface area contributed by atoms with E-state index >= 15 is 0 Å². The molecule has 0 unspecified atom stereocenters. The average Bonchev–Trinajstić information content (AvgIpc) is 1.67. The summed E-state index contributed by atoms with van der Waals surface area (Å²) in [6, 6.07) is 0. The average molecular weight is 117 g/mol. The van der Waals surface area contributed by atoms with E-state index in [0.717, 1.165) is 6.29 Å². The Morgan fingerprint density at radius 2 is 2.12 bits per heavy atom. The summed E-state index contributed by atoms with van der Waals surface area (Å²) >= 11 is 0. The van der Waals surface area contributed by atoms with Gasteiger partial charge in [0.25, 0.3) is 6.29 Å². The molecular formula is C5H9O3. The number of rotatable bonds is 3. The number of hydrogen-bond donors (Lipinski definition) is 2. The molecule has 0 spiro atoms. The highest BCUT2D eigenvalue weighted by molar-refractivity contribution is 5.59. The third-order valence-electron chi connectivity index (χ3n) is 0.762. The van der Waals surface area contributed by atoms with Gasteiger partial charge in [0, 0.05) is 6.42 Å². The second kappa shape index (κ2) is 2.79. The quantitative estimate of drug-likeness (QED) is 0.493. The van der Waals surface area contributed by atoms with E-state index in [2.05, 4.69) is 0 Å². The zero-order valence-corrected chi connectivity index (χ0v) is 4.72. The number of carbonyl (C=O) groups excluding carboxylic acids is 1. The molecule has 0 fully saturated rings. The molecule has 47 valence electrons. The van der Waals surface area contributed by atoms with Crippen LogP contribution in [0.4, 0.5) is 0 Å². The lowest BCUT2D eigenvalue weighted by atomic mass is 10.2. The molecule has 1 radical (unpaired) electrons. The van der Waals surface area contributed by atoms with Gasteiger partial charge in [0.1, 0.15) is 0 Å². The van der Waals surface area contributed by atoms with Gasteiger partial charge in [-0.1, -0.05) is 13.3 Å². The van der Waals surface area contributed by atoms with Gasteiger partial charge in [-0.2, -0.15) is 0 Å². The Morgan fingerprint density at radius 3 is 2.25 bits per heavy atom. The summed E-state index contributed by atoms with van der Waals surface area (Å²) in [5.74, 6) is -2.21. The second-order valence-electron chi connectivity index (χ2n) is 1.67. The van der Waals surface area contributed by atoms with Crippen LogP contribution < -0.4 is 0 Å². The summed E-state index contributed by atoms with van der Waals surface area (Å²) in [6.45, 7) is 1.75. The van der Waals surface area contributed by atoms with Crippen molar-refractivity contribution in [3.63, 3.8) is 0 Å². The fraction of sp³-hybridized carbons (Fsp3) is 0.800. The third-order valence-corrected chi connectivity index (χ3v) is 0.762. The SMILES string of the molecule is CCCC(O)(O)[C]=O. The molecule has 0 aromatic carbocycles. The summed E-state index contributed by atoms with van der Waals surface area (Å²) in [5.41, 5.74) is 0. The predicted molar refractivity (Wildman–Crippen MR) is 27.8 cm³/mol. The first-order valence-electron chi connectivity index (χ1n) is 2.46. The molecule has 0 amide bonds. The molecule has 3 nitrogen and oxygen atoms in total. The van der Waals surface area contributed by atoms with Crippen molar-refractivity contribution in [1.82, 2.24) is 0 Å². The first-order valence-corrected chi connectivity index (χ1v) is 2.46. The first kappa shape index (κ1) is 7.59. The molecule has 0 aromatic heterocycles. The van der Waals surface area contributed by atoms with Crippen LogP contribution in [-0.4, -0.2) is 22.3 Å². The minimum atomic E-state index is -2.21. The maximum atomic E-state index is 9.59. The fourth-order valence-electron chi connectivity index (χ4n) is 0.400. The van der Waals surface area contributed by atoms with Gasteiger partial charge in [0.05, 0.1) is 0 Å². The Kier molecular flexibility index (Phi) is 2.65. The smallest absolute Gasteiger partial charge is 0.262 e. The van der Waals surface area contributed by atoms with Gasteiger partial charge in [-0.05, 0) is 0 Å². The van der Waals surface area contributed by atoms with Crippen LogP contribution in [0.15, 0.2) is 0 Å². The summed E-state index contributed by atoms with van der Waals surface area (Å²) in [7, 11) is 0. The molecule has 3 heteroatoms. The molecule has 0 bridgehead atoms. The highest BCUT2D eigenvalue weighted by atomic mass is 16.5. The van der Waals surface area contributed by atoms with Crippen LogP contribution in [0.3, 0.4) is 0 Å². The van der Waals surface area contributed by atoms with E-state index in [-0.39, 0.29) is 6.42 Å². The molecule has 8 heavy (non-hydrogen) atoms. The van der Waals surface area contributed by atoms with Crippen LogP contribution in [0.5, 0.6) is 0 Å². The van der Waals surface area contributed by atoms with E-state index in [1.807, 2.05) is 0 Å². The highest BCUT2D eigenvalue weighted by Gasteiger charge is 2.20. The van der Waals surface area contributed by atoms with Crippen molar-refractivity contribution < 1.29 is 15.0 Å². The van der Waals surface area contributed by atoms with Crippen LogP contribution in [0.1, 0.15) is 19.8 Å². The Morgan fingerprint density at radius 1 is 1.62 bits per heavy atom. The molecule has 2 N–H and O–H groups in total. The molecule has 0 saturated heterocycles. The zero-order chi connectivity index (χ0) is 6.62. The second-order valence-corrected chi connectivity index (χ2v) is 1.67. The number of hydrogen-bond acceptors (Lipinski definition) is 3. The lowest BCUT2D eigenvalue weighted by Crippen LogP contribution is -2.28. The monoisotopic (exact) mass is 117 g/mol. The van der Waals surface area contributed by atoms with E-state index in [4.69, 9.17) is 10.2 Å². The van der Waals surface area contributed by atoms with Crippen molar-refractivity contribution in [3.05, 3.63) is 0 Å². The van der Waals surface area contributed by atoms with Crippen LogP contribution in [-0.2, 0) is 4.79 Å². The molecule has 0 aromatic rings. The van der Waals surface area contributed by atoms with E-state index in [9.17, 15) is 4.79 Å². The van der Waals surface area contributed by atoms with E-state index < -0.39 is 5.79 Å². The third kappa shape index (κ3) is 2.71. The standard InChI is InChI=1S/C5H9O3/c1-2-3-5(7,8)4-6/h7-8H,2-3H2,1H3. The minimum absolute atomic E-state index is 0.0521. The Hall–Kier alpha value is -0.410. The van der Waals surface area contributed by atoms with Crippen molar-refractivity contribution in [2.24, 2.45) is 0 Å². The first-order chi connectivity index (χ1) is 3.62. The lowest BCUT2D eigenvalue weighted by molar-refractivity contribution is -0.105. The predicted octanol–water partition coefficient (Wildman–Crippen LogP) is -0.423. The van der Waals surface area contributed by atoms with Crippen molar-refractivity contribution in [2.45, 2.75) is 25.6 Å². The van der Waals surface area contributed by atoms with Crippen molar-refractivity contribution in [3.8, 4) is 0 Å². The zero-order valence-electron chi connectivity index (χ0n) is 4.72. The van der Waals surface area contributed by atoms with Crippen LogP contribution in [0.2, 0.25) is 0 Å². The number of aliphatic hydroxyl groups is 2. The topological polar surface area (TPSA) is 57.5 Å². The molecular weight excluding hydrogens is 108 g/mol. The molecule has 0 saturated carbocycles. The largest absolute Gasteiger partial charge is 0.359 e. The molecule has 0 rings (SSSR count). The van der Waals surface area contributed by atoms with Crippen LogP contribution >= 0.6 is 0 Å². The Labute approximate surface area is 47.9 Å². The van der Waals surface area contributed by atoms with Crippen molar-refractivity contribution in [1.29, 1.82) is 0 Å². The summed E-state index contributed by atoms with van der Waals surface area (Å²) in [5, 5.41) is 16.9. The Bertz CT molecular complexity index is 77.7. The van der Waals surface area contributed by atoms with Gasteiger partial charge in [0.2, 0.25) is 5.79 Å². The van der Waals surface area contributed by atoms with E-state index in [1.165, 1.54) is 0 Å². The van der Waals surface area contributed by atoms with Gasteiger partial charge in [0.15, 0.2) is 0 Å². The van der Waals surface area contributed by atoms with Gasteiger partial charge < -0.3 is 10.2 Å². The molecule has 0 aliphatic heterocycles. The summed E-state index contributed by atoms with van der Waals surface area (Å²) < 4.78 is 0. The molecule has 0 aliphatic rings. The van der Waals surface area contributed by atoms with Crippen LogP contribution in [0, 0.1) is 0 Å². The van der Waals surface area contributed by atoms with Gasteiger partial charge in [-0.3, -0.25) is 4.79 Å². The maximum Gasteiger partial charge on any atom is 0.262 e. The fourth-order valence-corrected chi connectivity index (χ4v) is 0.400. The van der Waals surface area contributed by atoms with Gasteiger partial charge in [-0.15, -0.1) is 0 Å².